The first-order chi connectivity index (χ1) is 11.0. The van der Waals surface area contributed by atoms with Crippen LogP contribution in [-0.2, 0) is 17.8 Å². The fourth-order valence-electron chi connectivity index (χ4n) is 2.63. The van der Waals surface area contributed by atoms with E-state index in [9.17, 15) is 14.0 Å². The third kappa shape index (κ3) is 3.13. The summed E-state index contributed by atoms with van der Waals surface area (Å²) in [7, 11) is 0. The van der Waals surface area contributed by atoms with Gasteiger partial charge in [0.15, 0.2) is 5.43 Å². The number of aromatic nitrogens is 1. The van der Waals surface area contributed by atoms with Crippen molar-refractivity contribution in [2.45, 2.75) is 13.0 Å². The van der Waals surface area contributed by atoms with Gasteiger partial charge in [-0.3, -0.25) is 9.59 Å². The third-order valence-electron chi connectivity index (χ3n) is 3.67. The molecule has 3 rings (SSSR count). The number of hydrogen-bond donors (Lipinski definition) is 1. The second-order valence-corrected chi connectivity index (χ2v) is 5.33. The molecule has 5 heteroatoms. The number of carboxylic acid groups (broad SMARTS) is 1. The minimum absolute atomic E-state index is 0.133. The van der Waals surface area contributed by atoms with Crippen molar-refractivity contribution in [1.82, 2.24) is 4.57 Å². The van der Waals surface area contributed by atoms with Gasteiger partial charge in [-0.25, -0.2) is 4.39 Å². The summed E-state index contributed by atoms with van der Waals surface area (Å²) in [6.07, 6.45) is 1.89. The largest absolute Gasteiger partial charge is 0.480 e. The van der Waals surface area contributed by atoms with Crippen LogP contribution in [0, 0.1) is 5.82 Å². The van der Waals surface area contributed by atoms with Crippen LogP contribution in [0.3, 0.4) is 0 Å². The summed E-state index contributed by atoms with van der Waals surface area (Å²) in [5.41, 5.74) is 1.73. The molecule has 0 saturated heterocycles. The highest BCUT2D eigenvalue weighted by atomic mass is 19.1. The summed E-state index contributed by atoms with van der Waals surface area (Å²) in [4.78, 5) is 23.7. The van der Waals surface area contributed by atoms with Gasteiger partial charge in [-0.05, 0) is 29.8 Å². The molecule has 1 aromatic heterocycles. The first-order valence-corrected chi connectivity index (χ1v) is 7.12. The molecule has 0 aliphatic rings. The van der Waals surface area contributed by atoms with Gasteiger partial charge < -0.3 is 9.67 Å². The van der Waals surface area contributed by atoms with Crippen LogP contribution in [-0.4, -0.2) is 15.6 Å². The van der Waals surface area contributed by atoms with E-state index in [0.29, 0.717) is 22.9 Å². The summed E-state index contributed by atoms with van der Waals surface area (Å²) in [6.45, 7) is -0.225. The van der Waals surface area contributed by atoms with Crippen LogP contribution in [0.2, 0.25) is 0 Å². The lowest BCUT2D eigenvalue weighted by Crippen LogP contribution is -2.18. The van der Waals surface area contributed by atoms with Crippen LogP contribution in [0.25, 0.3) is 10.9 Å². The topological polar surface area (TPSA) is 59.3 Å². The molecule has 116 valence electrons. The summed E-state index contributed by atoms with van der Waals surface area (Å²) in [5, 5.41) is 9.55. The van der Waals surface area contributed by atoms with Crippen molar-refractivity contribution in [2.75, 3.05) is 0 Å². The smallest absolute Gasteiger partial charge is 0.323 e. The monoisotopic (exact) mass is 311 g/mol. The quantitative estimate of drug-likeness (QED) is 0.806. The average molecular weight is 311 g/mol. The van der Waals surface area contributed by atoms with E-state index in [1.807, 2.05) is 0 Å². The molecule has 23 heavy (non-hydrogen) atoms. The van der Waals surface area contributed by atoms with E-state index in [-0.39, 0.29) is 17.8 Å². The van der Waals surface area contributed by atoms with Gasteiger partial charge in [-0.1, -0.05) is 24.3 Å². The number of carbonyl (C=O) groups is 1. The van der Waals surface area contributed by atoms with Crippen molar-refractivity contribution in [2.24, 2.45) is 0 Å². The number of rotatable bonds is 4. The molecule has 0 bridgehead atoms. The van der Waals surface area contributed by atoms with Gasteiger partial charge in [0.05, 0.1) is 5.52 Å². The molecule has 0 unspecified atom stereocenters. The Hall–Kier alpha value is -2.95. The Morgan fingerprint density at radius 1 is 1.09 bits per heavy atom. The molecule has 0 amide bonds. The van der Waals surface area contributed by atoms with Crippen LogP contribution < -0.4 is 5.43 Å². The second kappa shape index (κ2) is 6.04. The van der Waals surface area contributed by atoms with Crippen molar-refractivity contribution >= 4 is 16.9 Å². The molecule has 0 radical (unpaired) electrons. The van der Waals surface area contributed by atoms with Gasteiger partial charge in [0, 0.05) is 23.6 Å². The summed E-state index contributed by atoms with van der Waals surface area (Å²) in [5.74, 6) is -1.32. The van der Waals surface area contributed by atoms with E-state index in [1.165, 1.54) is 12.1 Å². The molecule has 2 aromatic carbocycles. The molecular weight excluding hydrogens is 297 g/mol. The van der Waals surface area contributed by atoms with Crippen molar-refractivity contribution in [1.29, 1.82) is 0 Å². The zero-order chi connectivity index (χ0) is 16.4. The highest BCUT2D eigenvalue weighted by molar-refractivity contribution is 5.81. The minimum Gasteiger partial charge on any atom is -0.480 e. The lowest BCUT2D eigenvalue weighted by molar-refractivity contribution is -0.137. The Morgan fingerprint density at radius 2 is 1.78 bits per heavy atom. The van der Waals surface area contributed by atoms with Crippen molar-refractivity contribution in [3.63, 3.8) is 0 Å². The van der Waals surface area contributed by atoms with Crippen molar-refractivity contribution < 1.29 is 14.3 Å². The Morgan fingerprint density at radius 3 is 2.48 bits per heavy atom. The number of pyridine rings is 1. The van der Waals surface area contributed by atoms with E-state index in [2.05, 4.69) is 0 Å². The molecular formula is C18H14FNO3. The Labute approximate surface area is 131 Å². The average Bonchev–Trinajstić information content (AvgIpc) is 2.53. The first-order valence-electron chi connectivity index (χ1n) is 7.12. The van der Waals surface area contributed by atoms with E-state index in [1.54, 1.807) is 47.2 Å². The Bertz CT molecular complexity index is 929. The predicted molar refractivity (Wildman–Crippen MR) is 85.0 cm³/mol. The van der Waals surface area contributed by atoms with Gasteiger partial charge in [0.25, 0.3) is 0 Å². The zero-order valence-corrected chi connectivity index (χ0v) is 12.2. The lowest BCUT2D eigenvalue weighted by Gasteiger charge is -2.11. The zero-order valence-electron chi connectivity index (χ0n) is 12.2. The summed E-state index contributed by atoms with van der Waals surface area (Å²) in [6, 6.07) is 12.8. The van der Waals surface area contributed by atoms with Gasteiger partial charge in [-0.15, -0.1) is 0 Å². The molecule has 4 nitrogen and oxygen atoms in total. The summed E-state index contributed by atoms with van der Waals surface area (Å²) < 4.78 is 14.5. The van der Waals surface area contributed by atoms with Crippen molar-refractivity contribution in [3.05, 3.63) is 81.9 Å². The highest BCUT2D eigenvalue weighted by Crippen LogP contribution is 2.14. The van der Waals surface area contributed by atoms with Crippen LogP contribution in [0.5, 0.6) is 0 Å². The lowest BCUT2D eigenvalue weighted by atomic mass is 10.0. The molecule has 0 aliphatic heterocycles. The SMILES string of the molecule is O=C(O)Cn1cc(Cc2ccc(F)cc2)c(=O)c2ccccc21. The minimum atomic E-state index is -0.980. The maximum atomic E-state index is 13.0. The van der Waals surface area contributed by atoms with E-state index >= 15 is 0 Å². The van der Waals surface area contributed by atoms with Gasteiger partial charge in [0.1, 0.15) is 12.4 Å². The fourth-order valence-corrected chi connectivity index (χ4v) is 2.63. The standard InChI is InChI=1S/C18H14FNO3/c19-14-7-5-12(6-8-14)9-13-10-20(11-17(21)22)16-4-2-1-3-15(16)18(13)23/h1-8,10H,9,11H2,(H,21,22). The number of nitrogens with zero attached hydrogens (tertiary/aromatic N) is 1. The van der Waals surface area contributed by atoms with E-state index < -0.39 is 5.97 Å². The first kappa shape index (κ1) is 15.0. The number of benzene rings is 2. The Kier molecular flexibility index (Phi) is 3.93. The maximum absolute atomic E-state index is 13.0. The van der Waals surface area contributed by atoms with Crippen LogP contribution >= 0.6 is 0 Å². The third-order valence-corrected chi connectivity index (χ3v) is 3.67. The number of carboxylic acids is 1. The van der Waals surface area contributed by atoms with Crippen molar-refractivity contribution in [3.8, 4) is 0 Å². The molecule has 1 heterocycles. The second-order valence-electron chi connectivity index (χ2n) is 5.33. The molecule has 0 spiro atoms. The van der Waals surface area contributed by atoms with Gasteiger partial charge in [0.2, 0.25) is 0 Å². The molecule has 1 N–H and O–H groups in total. The van der Waals surface area contributed by atoms with E-state index in [4.69, 9.17) is 5.11 Å². The molecule has 0 fully saturated rings. The molecule has 0 atom stereocenters. The molecule has 0 aliphatic carbocycles. The van der Waals surface area contributed by atoms with Crippen LogP contribution in [0.15, 0.2) is 59.5 Å². The summed E-state index contributed by atoms with van der Waals surface area (Å²) >= 11 is 0. The van der Waals surface area contributed by atoms with Crippen LogP contribution in [0.1, 0.15) is 11.1 Å². The van der Waals surface area contributed by atoms with Gasteiger partial charge in [-0.2, -0.15) is 0 Å². The number of halogens is 1. The normalized spacial score (nSPS) is 10.8. The van der Waals surface area contributed by atoms with E-state index in [0.717, 1.165) is 5.56 Å². The number of aliphatic carboxylic acids is 1. The predicted octanol–water partition coefficient (Wildman–Crippen LogP) is 2.82. The molecule has 0 saturated carbocycles. The number of fused-ring (bicyclic) bond motifs is 1. The Balaban J connectivity index is 2.12. The van der Waals surface area contributed by atoms with Crippen LogP contribution in [0.4, 0.5) is 4.39 Å². The number of para-hydroxylation sites is 1. The highest BCUT2D eigenvalue weighted by Gasteiger charge is 2.11. The number of hydrogen-bond acceptors (Lipinski definition) is 2. The molecule has 3 aromatic rings. The maximum Gasteiger partial charge on any atom is 0.323 e. The fraction of sp³-hybridized carbons (Fsp3) is 0.111. The van der Waals surface area contributed by atoms with Gasteiger partial charge >= 0.3 is 5.97 Å².